The molecule has 176 valence electrons. The Morgan fingerprint density at radius 2 is 1.79 bits per heavy atom. The van der Waals surface area contributed by atoms with E-state index < -0.39 is 5.23 Å². The van der Waals surface area contributed by atoms with E-state index >= 15 is 0 Å². The first-order valence-electron chi connectivity index (χ1n) is 11.1. The van der Waals surface area contributed by atoms with Crippen LogP contribution in [0.25, 0.3) is 10.9 Å². The minimum Gasteiger partial charge on any atom is -0.595 e. The number of ether oxygens (including phenoxy) is 3. The third-order valence-electron chi connectivity index (χ3n) is 6.29. The monoisotopic (exact) mass is 461 g/mol. The highest BCUT2D eigenvalue weighted by atomic mass is 16.8. The van der Waals surface area contributed by atoms with E-state index in [2.05, 4.69) is 34.6 Å². The molecular formula is C26H27N3O5. The lowest BCUT2D eigenvalue weighted by Crippen LogP contribution is -2.99. The number of hydrogen-bond acceptors (Lipinski definition) is 6. The minimum absolute atomic E-state index is 0.0154. The minimum atomic E-state index is -0.962. The average Bonchev–Trinajstić information content (AvgIpc) is 3.25. The van der Waals surface area contributed by atoms with Crippen LogP contribution < -0.4 is 24.8 Å². The van der Waals surface area contributed by atoms with E-state index in [1.54, 1.807) is 26.4 Å². The Bertz CT molecular complexity index is 1300. The second-order valence-corrected chi connectivity index (χ2v) is 8.26. The normalized spacial score (nSPS) is 16.2. The fourth-order valence-electron chi connectivity index (χ4n) is 4.56. The van der Waals surface area contributed by atoms with Crippen molar-refractivity contribution in [2.24, 2.45) is 0 Å². The standard InChI is InChI=1S/C26H27N3O5/c1-32-20-8-9-23-22(14-20)21-11-12-27-25(26(21)28-23)16-3-10-24(33-2)17(13-16)15-34-19-6-4-18(5-7-19)29(30)31/h3-10,13-14,25,27-30H,11-12,15H2,1-2H3. The number of hydrogen-bond donors (Lipinski definition) is 4. The summed E-state index contributed by atoms with van der Waals surface area (Å²) in [5.74, 6) is 2.19. The topological polar surface area (TPSA) is 103 Å². The number of H-pyrrole nitrogens is 1. The number of aromatic nitrogens is 1. The molecule has 0 fully saturated rings. The van der Waals surface area contributed by atoms with Gasteiger partial charge in [-0.1, -0.05) is 6.07 Å². The maximum atomic E-state index is 11.1. The largest absolute Gasteiger partial charge is 0.595 e. The number of rotatable bonds is 7. The van der Waals surface area contributed by atoms with Crippen LogP contribution in [0, 0.1) is 5.21 Å². The van der Waals surface area contributed by atoms with Gasteiger partial charge in [-0.25, -0.2) is 5.21 Å². The summed E-state index contributed by atoms with van der Waals surface area (Å²) in [6.07, 6.45) is 0.942. The Morgan fingerprint density at radius 1 is 1.00 bits per heavy atom. The average molecular weight is 462 g/mol. The van der Waals surface area contributed by atoms with E-state index in [0.29, 0.717) is 12.4 Å². The predicted octanol–water partition coefficient (Wildman–Crippen LogP) is 3.40. The van der Waals surface area contributed by atoms with Gasteiger partial charge < -0.3 is 29.7 Å². The molecule has 0 amide bonds. The van der Waals surface area contributed by atoms with Crippen molar-refractivity contribution < 1.29 is 24.6 Å². The number of nitrogens with one attached hydrogen (secondary N) is 3. The Morgan fingerprint density at radius 3 is 2.53 bits per heavy atom. The maximum Gasteiger partial charge on any atom is 0.164 e. The summed E-state index contributed by atoms with van der Waals surface area (Å²) in [7, 11) is 3.33. The number of fused-ring (bicyclic) bond motifs is 3. The molecule has 0 aliphatic carbocycles. The summed E-state index contributed by atoms with van der Waals surface area (Å²) in [5.41, 5.74) is 5.82. The molecule has 2 unspecified atom stereocenters. The zero-order valence-corrected chi connectivity index (χ0v) is 19.1. The van der Waals surface area contributed by atoms with E-state index in [1.165, 1.54) is 23.1 Å². The van der Waals surface area contributed by atoms with Gasteiger partial charge in [0, 0.05) is 40.8 Å². The summed E-state index contributed by atoms with van der Waals surface area (Å²) < 4.78 is 16.9. The van der Waals surface area contributed by atoms with Crippen molar-refractivity contribution >= 4 is 16.6 Å². The molecule has 0 spiro atoms. The van der Waals surface area contributed by atoms with Crippen LogP contribution in [0.2, 0.25) is 0 Å². The molecule has 0 saturated carbocycles. The molecule has 5 rings (SSSR count). The van der Waals surface area contributed by atoms with Gasteiger partial charge in [0.15, 0.2) is 5.69 Å². The Kier molecular flexibility index (Phi) is 6.12. The maximum absolute atomic E-state index is 11.1. The lowest BCUT2D eigenvalue weighted by molar-refractivity contribution is -0.991. The summed E-state index contributed by atoms with van der Waals surface area (Å²) in [5, 5.41) is 24.0. The SMILES string of the molecule is COc1ccc2[nH]c3c(c2c1)CCNC3c1ccc(OC)c(COc2ccc([NH+]([O-])O)cc2)c1. The number of methoxy groups -OCH3 is 2. The highest BCUT2D eigenvalue weighted by molar-refractivity contribution is 5.86. The molecule has 3 aromatic carbocycles. The summed E-state index contributed by atoms with van der Waals surface area (Å²) >= 11 is 0. The Balaban J connectivity index is 1.43. The zero-order chi connectivity index (χ0) is 23.7. The number of benzene rings is 3. The van der Waals surface area contributed by atoms with Gasteiger partial charge >= 0.3 is 0 Å². The number of quaternary nitrogens is 1. The third kappa shape index (κ3) is 4.20. The molecule has 8 nitrogen and oxygen atoms in total. The lowest BCUT2D eigenvalue weighted by atomic mass is 9.93. The van der Waals surface area contributed by atoms with Crippen molar-refractivity contribution in [1.29, 1.82) is 0 Å². The molecule has 1 aliphatic rings. The Labute approximate surface area is 197 Å². The molecule has 0 bridgehead atoms. The smallest absolute Gasteiger partial charge is 0.164 e. The summed E-state index contributed by atoms with van der Waals surface area (Å²) in [6.45, 7) is 1.17. The first-order chi connectivity index (χ1) is 16.6. The fourth-order valence-corrected chi connectivity index (χ4v) is 4.56. The van der Waals surface area contributed by atoms with Gasteiger partial charge in [0.1, 0.15) is 23.9 Å². The third-order valence-corrected chi connectivity index (χ3v) is 6.29. The van der Waals surface area contributed by atoms with Gasteiger partial charge in [-0.2, -0.15) is 5.23 Å². The van der Waals surface area contributed by atoms with E-state index in [-0.39, 0.29) is 11.7 Å². The molecule has 8 heteroatoms. The molecule has 4 N–H and O–H groups in total. The van der Waals surface area contributed by atoms with Crippen LogP contribution in [0.5, 0.6) is 17.2 Å². The molecule has 0 radical (unpaired) electrons. The summed E-state index contributed by atoms with van der Waals surface area (Å²) in [4.78, 5) is 3.61. The van der Waals surface area contributed by atoms with E-state index in [0.717, 1.165) is 46.8 Å². The second-order valence-electron chi connectivity index (χ2n) is 8.26. The van der Waals surface area contributed by atoms with Gasteiger partial charge in [0.25, 0.3) is 0 Å². The van der Waals surface area contributed by atoms with Crippen molar-refractivity contribution in [3.05, 3.63) is 88.3 Å². The van der Waals surface area contributed by atoms with Crippen LogP contribution in [-0.4, -0.2) is 31.0 Å². The highest BCUT2D eigenvalue weighted by Gasteiger charge is 2.26. The molecule has 1 aromatic heterocycles. The van der Waals surface area contributed by atoms with Crippen LogP contribution in [0.1, 0.15) is 28.4 Å². The van der Waals surface area contributed by atoms with Crippen molar-refractivity contribution in [2.75, 3.05) is 20.8 Å². The number of aromatic amines is 1. The first kappa shape index (κ1) is 22.2. The summed E-state index contributed by atoms with van der Waals surface area (Å²) in [6, 6.07) is 18.7. The van der Waals surface area contributed by atoms with Gasteiger partial charge in [0.2, 0.25) is 0 Å². The molecule has 1 aliphatic heterocycles. The van der Waals surface area contributed by atoms with Crippen LogP contribution in [-0.2, 0) is 13.0 Å². The molecule has 0 saturated heterocycles. The first-order valence-corrected chi connectivity index (χ1v) is 11.1. The van der Waals surface area contributed by atoms with E-state index in [9.17, 15) is 5.21 Å². The van der Waals surface area contributed by atoms with Crippen molar-refractivity contribution in [3.63, 3.8) is 0 Å². The fraction of sp³-hybridized carbons (Fsp3) is 0.231. The quantitative estimate of drug-likeness (QED) is 0.315. The van der Waals surface area contributed by atoms with Crippen LogP contribution in [0.4, 0.5) is 5.69 Å². The van der Waals surface area contributed by atoms with Gasteiger partial charge in [0.05, 0.1) is 20.3 Å². The molecule has 2 heterocycles. The van der Waals surface area contributed by atoms with Crippen molar-refractivity contribution in [2.45, 2.75) is 19.1 Å². The Hall–Kier alpha value is -3.56. The van der Waals surface area contributed by atoms with Crippen LogP contribution >= 0.6 is 0 Å². The zero-order valence-electron chi connectivity index (χ0n) is 19.1. The lowest BCUT2D eigenvalue weighted by Gasteiger charge is -2.25. The van der Waals surface area contributed by atoms with E-state index in [4.69, 9.17) is 19.4 Å². The van der Waals surface area contributed by atoms with Crippen LogP contribution in [0.15, 0.2) is 60.7 Å². The van der Waals surface area contributed by atoms with Crippen molar-refractivity contribution in [1.82, 2.24) is 10.3 Å². The van der Waals surface area contributed by atoms with Crippen molar-refractivity contribution in [3.8, 4) is 17.2 Å². The van der Waals surface area contributed by atoms with Crippen LogP contribution in [0.3, 0.4) is 0 Å². The van der Waals surface area contributed by atoms with Gasteiger partial charge in [-0.3, -0.25) is 0 Å². The molecule has 4 aromatic rings. The van der Waals surface area contributed by atoms with Gasteiger partial charge in [-0.05, 0) is 60.0 Å². The predicted molar refractivity (Wildman–Crippen MR) is 128 cm³/mol. The molecular weight excluding hydrogens is 434 g/mol. The van der Waals surface area contributed by atoms with Gasteiger partial charge in [-0.15, -0.1) is 0 Å². The van der Waals surface area contributed by atoms with E-state index in [1.807, 2.05) is 12.1 Å². The second kappa shape index (κ2) is 9.36. The molecule has 34 heavy (non-hydrogen) atoms. The molecule has 2 atom stereocenters. The highest BCUT2D eigenvalue weighted by Crippen LogP contribution is 2.36.